The van der Waals surface area contributed by atoms with Gasteiger partial charge in [-0.2, -0.15) is 0 Å². The number of nitrogens with two attached hydrogens (primary N) is 2. The summed E-state index contributed by atoms with van der Waals surface area (Å²) in [5.41, 5.74) is 11.6. The Kier molecular flexibility index (Phi) is 3.51. The number of hydrogen-bond acceptors (Lipinski definition) is 5. The summed E-state index contributed by atoms with van der Waals surface area (Å²) in [6, 6.07) is 8.05. The number of pyridine rings is 1. The van der Waals surface area contributed by atoms with Crippen LogP contribution in [0.15, 0.2) is 36.5 Å². The second-order valence-corrected chi connectivity index (χ2v) is 3.73. The minimum Gasteiger partial charge on any atom is -0.495 e. The number of nitrogen functional groups attached to an aromatic ring is 1. The van der Waals surface area contributed by atoms with Crippen LogP contribution in [-0.2, 0) is 0 Å². The van der Waals surface area contributed by atoms with Crippen molar-refractivity contribution in [2.45, 2.75) is 0 Å². The van der Waals surface area contributed by atoms with Crippen molar-refractivity contribution in [3.63, 3.8) is 0 Å². The highest BCUT2D eigenvalue weighted by Gasteiger charge is 2.11. The molecule has 0 fully saturated rings. The maximum atomic E-state index is 11.2. The molecular formula is C13H13N3O3. The van der Waals surface area contributed by atoms with Gasteiger partial charge >= 0.3 is 0 Å². The molecule has 6 nitrogen and oxygen atoms in total. The van der Waals surface area contributed by atoms with E-state index in [0.717, 1.165) is 0 Å². The molecule has 19 heavy (non-hydrogen) atoms. The minimum absolute atomic E-state index is 0.138. The highest BCUT2D eigenvalue weighted by atomic mass is 16.5. The normalized spacial score (nSPS) is 9.95. The zero-order valence-corrected chi connectivity index (χ0v) is 10.3. The summed E-state index contributed by atoms with van der Waals surface area (Å²) < 4.78 is 10.5. The molecule has 2 rings (SSSR count). The van der Waals surface area contributed by atoms with Crippen LogP contribution in [0.25, 0.3) is 0 Å². The number of anilines is 1. The van der Waals surface area contributed by atoms with Crippen LogP contribution >= 0.6 is 0 Å². The molecule has 98 valence electrons. The number of carbonyl (C=O) groups excluding carboxylic acids is 1. The summed E-state index contributed by atoms with van der Waals surface area (Å²) in [5.74, 6) is 0.521. The first-order valence-electron chi connectivity index (χ1n) is 5.48. The van der Waals surface area contributed by atoms with E-state index in [1.165, 1.54) is 19.4 Å². The lowest BCUT2D eigenvalue weighted by Crippen LogP contribution is -2.12. The average molecular weight is 259 g/mol. The zero-order valence-electron chi connectivity index (χ0n) is 10.3. The third-order valence-electron chi connectivity index (χ3n) is 2.45. The van der Waals surface area contributed by atoms with Gasteiger partial charge in [0.2, 0.25) is 5.88 Å². The molecule has 2 aromatic rings. The molecule has 0 aliphatic heterocycles. The summed E-state index contributed by atoms with van der Waals surface area (Å²) in [6.07, 6.45) is 1.51. The van der Waals surface area contributed by atoms with Gasteiger partial charge in [0, 0.05) is 12.3 Å². The Hall–Kier alpha value is -2.76. The first kappa shape index (κ1) is 12.7. The monoisotopic (exact) mass is 259 g/mol. The lowest BCUT2D eigenvalue weighted by molar-refractivity contribution is 0.0997. The van der Waals surface area contributed by atoms with Gasteiger partial charge < -0.3 is 20.9 Å². The Morgan fingerprint density at radius 1 is 1.32 bits per heavy atom. The molecule has 0 radical (unpaired) electrons. The van der Waals surface area contributed by atoms with Crippen molar-refractivity contribution in [1.29, 1.82) is 0 Å². The number of methoxy groups -OCH3 is 1. The Morgan fingerprint density at radius 2 is 2.11 bits per heavy atom. The molecule has 0 unspecified atom stereocenters. The summed E-state index contributed by atoms with van der Waals surface area (Å²) in [4.78, 5) is 15.2. The SMILES string of the molecule is COc1ccc(Oc2ncccc2C(N)=O)cc1N. The molecule has 0 atom stereocenters. The summed E-state index contributed by atoms with van der Waals surface area (Å²) in [6.45, 7) is 0. The van der Waals surface area contributed by atoms with Crippen molar-refractivity contribution in [1.82, 2.24) is 4.98 Å². The Balaban J connectivity index is 2.31. The maximum absolute atomic E-state index is 11.2. The lowest BCUT2D eigenvalue weighted by atomic mass is 10.2. The number of aromatic nitrogens is 1. The minimum atomic E-state index is -0.607. The topological polar surface area (TPSA) is 100 Å². The number of amides is 1. The van der Waals surface area contributed by atoms with Gasteiger partial charge in [0.05, 0.1) is 12.8 Å². The molecule has 6 heteroatoms. The lowest BCUT2D eigenvalue weighted by Gasteiger charge is -2.09. The van der Waals surface area contributed by atoms with E-state index in [-0.39, 0.29) is 11.4 Å². The summed E-state index contributed by atoms with van der Waals surface area (Å²) in [7, 11) is 1.52. The van der Waals surface area contributed by atoms with Crippen molar-refractivity contribution in [3.05, 3.63) is 42.1 Å². The van der Waals surface area contributed by atoms with Gasteiger partial charge in [0.25, 0.3) is 5.91 Å². The third kappa shape index (κ3) is 2.74. The van der Waals surface area contributed by atoms with Crippen molar-refractivity contribution >= 4 is 11.6 Å². The number of nitrogens with zero attached hydrogens (tertiary/aromatic N) is 1. The van der Waals surface area contributed by atoms with Crippen LogP contribution in [0.2, 0.25) is 0 Å². The number of carbonyl (C=O) groups is 1. The molecule has 4 N–H and O–H groups in total. The van der Waals surface area contributed by atoms with Gasteiger partial charge in [0.15, 0.2) is 0 Å². The van der Waals surface area contributed by atoms with Gasteiger partial charge in [0.1, 0.15) is 17.1 Å². The quantitative estimate of drug-likeness (QED) is 0.811. The number of hydrogen-bond donors (Lipinski definition) is 2. The van der Waals surface area contributed by atoms with Crippen LogP contribution in [-0.4, -0.2) is 18.0 Å². The van der Waals surface area contributed by atoms with Crippen LogP contribution < -0.4 is 20.9 Å². The summed E-state index contributed by atoms with van der Waals surface area (Å²) >= 11 is 0. The van der Waals surface area contributed by atoms with Crippen molar-refractivity contribution < 1.29 is 14.3 Å². The molecule has 1 aromatic carbocycles. The van der Waals surface area contributed by atoms with E-state index in [9.17, 15) is 4.79 Å². The van der Waals surface area contributed by atoms with Crippen LogP contribution in [0.1, 0.15) is 10.4 Å². The van der Waals surface area contributed by atoms with Crippen LogP contribution in [0, 0.1) is 0 Å². The molecule has 1 heterocycles. The van der Waals surface area contributed by atoms with Crippen LogP contribution in [0.4, 0.5) is 5.69 Å². The first-order chi connectivity index (χ1) is 9.11. The number of primary amides is 1. The molecule has 0 saturated carbocycles. The van der Waals surface area contributed by atoms with Crippen LogP contribution in [0.5, 0.6) is 17.4 Å². The first-order valence-corrected chi connectivity index (χ1v) is 5.48. The fraction of sp³-hybridized carbons (Fsp3) is 0.0769. The number of rotatable bonds is 4. The fourth-order valence-corrected chi connectivity index (χ4v) is 1.55. The molecule has 1 amide bonds. The van der Waals surface area contributed by atoms with E-state index in [1.807, 2.05) is 0 Å². The predicted octanol–water partition coefficient (Wildman–Crippen LogP) is 1.56. The smallest absolute Gasteiger partial charge is 0.254 e. The Bertz CT molecular complexity index is 614. The van der Waals surface area contributed by atoms with Gasteiger partial charge in [-0.15, -0.1) is 0 Å². The van der Waals surface area contributed by atoms with Gasteiger partial charge in [-0.25, -0.2) is 4.98 Å². The zero-order chi connectivity index (χ0) is 13.8. The molecule has 0 aliphatic carbocycles. The van der Waals surface area contributed by atoms with E-state index >= 15 is 0 Å². The predicted molar refractivity (Wildman–Crippen MR) is 70.2 cm³/mol. The number of benzene rings is 1. The highest BCUT2D eigenvalue weighted by Crippen LogP contribution is 2.29. The van der Waals surface area contributed by atoms with E-state index < -0.39 is 5.91 Å². The molecule has 0 bridgehead atoms. The summed E-state index contributed by atoms with van der Waals surface area (Å²) in [5, 5.41) is 0. The number of ether oxygens (including phenoxy) is 2. The molecule has 1 aromatic heterocycles. The Labute approximate surface area is 110 Å². The molecule has 0 saturated heterocycles. The third-order valence-corrected chi connectivity index (χ3v) is 2.45. The van der Waals surface area contributed by atoms with E-state index in [2.05, 4.69) is 4.98 Å². The molecule has 0 spiro atoms. The van der Waals surface area contributed by atoms with Gasteiger partial charge in [-0.1, -0.05) is 0 Å². The van der Waals surface area contributed by atoms with Gasteiger partial charge in [-0.3, -0.25) is 4.79 Å². The van der Waals surface area contributed by atoms with Crippen LogP contribution in [0.3, 0.4) is 0 Å². The highest BCUT2D eigenvalue weighted by molar-refractivity contribution is 5.95. The van der Waals surface area contributed by atoms with Crippen molar-refractivity contribution in [2.75, 3.05) is 12.8 Å². The van der Waals surface area contributed by atoms with E-state index in [1.54, 1.807) is 24.3 Å². The van der Waals surface area contributed by atoms with E-state index in [0.29, 0.717) is 17.2 Å². The fourth-order valence-electron chi connectivity index (χ4n) is 1.55. The van der Waals surface area contributed by atoms with Crippen molar-refractivity contribution in [3.8, 4) is 17.4 Å². The second-order valence-electron chi connectivity index (χ2n) is 3.73. The van der Waals surface area contributed by atoms with Gasteiger partial charge in [-0.05, 0) is 24.3 Å². The maximum Gasteiger partial charge on any atom is 0.254 e. The largest absolute Gasteiger partial charge is 0.495 e. The van der Waals surface area contributed by atoms with Crippen molar-refractivity contribution in [2.24, 2.45) is 5.73 Å². The Morgan fingerprint density at radius 3 is 2.74 bits per heavy atom. The molecular weight excluding hydrogens is 246 g/mol. The van der Waals surface area contributed by atoms with E-state index in [4.69, 9.17) is 20.9 Å². The average Bonchev–Trinajstić information content (AvgIpc) is 2.39. The second kappa shape index (κ2) is 5.26. The standard InChI is InChI=1S/C13H13N3O3/c1-18-11-5-4-8(7-10(11)14)19-13-9(12(15)17)3-2-6-16-13/h2-7H,14H2,1H3,(H2,15,17). The molecule has 0 aliphatic rings.